The molecule has 3 aromatic carbocycles. The van der Waals surface area contributed by atoms with Crippen LogP contribution in [0.4, 0.5) is 0 Å². The van der Waals surface area contributed by atoms with Crippen molar-refractivity contribution in [1.82, 2.24) is 9.55 Å². The Balaban J connectivity index is 1.84. The van der Waals surface area contributed by atoms with Gasteiger partial charge in [-0.1, -0.05) is 60.7 Å². The van der Waals surface area contributed by atoms with E-state index in [0.29, 0.717) is 12.4 Å². The number of benzene rings is 3. The van der Waals surface area contributed by atoms with E-state index >= 15 is 0 Å². The van der Waals surface area contributed by atoms with Crippen LogP contribution in [0.5, 0.6) is 5.75 Å². The van der Waals surface area contributed by atoms with Crippen molar-refractivity contribution in [1.29, 1.82) is 0 Å². The quantitative estimate of drug-likeness (QED) is 0.591. The summed E-state index contributed by atoms with van der Waals surface area (Å²) < 4.78 is 7.56. The van der Waals surface area contributed by atoms with E-state index < -0.39 is 6.10 Å². The highest BCUT2D eigenvalue weighted by atomic mass is 16.5. The highest BCUT2D eigenvalue weighted by Gasteiger charge is 2.20. The van der Waals surface area contributed by atoms with Gasteiger partial charge in [-0.25, -0.2) is 4.98 Å². The molecule has 1 N–H and O–H groups in total. The number of aromatic nitrogens is 2. The molecule has 26 heavy (non-hydrogen) atoms. The predicted molar refractivity (Wildman–Crippen MR) is 102 cm³/mol. The van der Waals surface area contributed by atoms with Gasteiger partial charge in [-0.2, -0.15) is 0 Å². The molecule has 4 heteroatoms. The Kier molecular flexibility index (Phi) is 4.42. The molecule has 0 aliphatic rings. The minimum absolute atomic E-state index is 0.573. The van der Waals surface area contributed by atoms with E-state index in [1.54, 1.807) is 7.11 Å². The van der Waals surface area contributed by atoms with Gasteiger partial charge in [0.1, 0.15) is 17.7 Å². The number of methoxy groups -OCH3 is 1. The molecule has 0 aliphatic heterocycles. The highest BCUT2D eigenvalue weighted by molar-refractivity contribution is 5.76. The van der Waals surface area contributed by atoms with Crippen molar-refractivity contribution < 1.29 is 9.84 Å². The molecule has 0 spiro atoms. The standard InChI is InChI=1S/C22H20N2O2/c1-26-20-14-8-5-11-17(20)15-24-19-13-7-6-12-18(19)23-22(24)21(25)16-9-3-2-4-10-16/h2-14,21,25H,15H2,1H3. The van der Waals surface area contributed by atoms with Crippen LogP contribution in [0, 0.1) is 0 Å². The van der Waals surface area contributed by atoms with Crippen LogP contribution in [0.25, 0.3) is 11.0 Å². The van der Waals surface area contributed by atoms with Crippen LogP contribution in [0.15, 0.2) is 78.9 Å². The summed E-state index contributed by atoms with van der Waals surface area (Å²) in [6.07, 6.45) is -0.793. The minimum atomic E-state index is -0.793. The fraction of sp³-hybridized carbons (Fsp3) is 0.136. The molecule has 4 rings (SSSR count). The molecular weight excluding hydrogens is 324 g/mol. The molecule has 4 nitrogen and oxygen atoms in total. The SMILES string of the molecule is COc1ccccc1Cn1c(C(O)c2ccccc2)nc2ccccc21. The van der Waals surface area contributed by atoms with Crippen LogP contribution in [0.2, 0.25) is 0 Å². The Bertz CT molecular complexity index is 1020. The lowest BCUT2D eigenvalue weighted by Gasteiger charge is -2.16. The molecule has 1 aromatic heterocycles. The summed E-state index contributed by atoms with van der Waals surface area (Å²) in [6.45, 7) is 0.573. The number of ether oxygens (including phenoxy) is 1. The first kappa shape index (κ1) is 16.4. The number of fused-ring (bicyclic) bond motifs is 1. The normalized spacial score (nSPS) is 12.2. The van der Waals surface area contributed by atoms with Gasteiger partial charge in [0.2, 0.25) is 0 Å². The zero-order chi connectivity index (χ0) is 17.9. The topological polar surface area (TPSA) is 47.3 Å². The van der Waals surface area contributed by atoms with Gasteiger partial charge in [0.25, 0.3) is 0 Å². The van der Waals surface area contributed by atoms with Crippen molar-refractivity contribution in [2.24, 2.45) is 0 Å². The second kappa shape index (κ2) is 7.02. The molecule has 0 radical (unpaired) electrons. The van der Waals surface area contributed by atoms with Gasteiger partial charge in [0.05, 0.1) is 24.7 Å². The van der Waals surface area contributed by atoms with Crippen molar-refractivity contribution in [2.75, 3.05) is 7.11 Å². The maximum Gasteiger partial charge on any atom is 0.143 e. The Hall–Kier alpha value is -3.11. The predicted octanol–water partition coefficient (Wildman–Crippen LogP) is 4.17. The second-order valence-electron chi connectivity index (χ2n) is 6.17. The number of imidazole rings is 1. The molecule has 130 valence electrons. The van der Waals surface area contributed by atoms with E-state index in [4.69, 9.17) is 9.72 Å². The Morgan fingerprint density at radius 2 is 1.62 bits per heavy atom. The highest BCUT2D eigenvalue weighted by Crippen LogP contribution is 2.28. The molecule has 0 saturated carbocycles. The molecule has 1 atom stereocenters. The van der Waals surface area contributed by atoms with Crippen LogP contribution >= 0.6 is 0 Å². The van der Waals surface area contributed by atoms with Crippen molar-refractivity contribution in [2.45, 2.75) is 12.6 Å². The summed E-state index contributed by atoms with van der Waals surface area (Å²) in [4.78, 5) is 4.71. The molecule has 0 fully saturated rings. The minimum Gasteiger partial charge on any atom is -0.496 e. The van der Waals surface area contributed by atoms with Gasteiger partial charge in [-0.15, -0.1) is 0 Å². The molecular formula is C22H20N2O2. The summed E-state index contributed by atoms with van der Waals surface area (Å²) in [5.74, 6) is 1.45. The number of aliphatic hydroxyl groups is 1. The lowest BCUT2D eigenvalue weighted by Crippen LogP contribution is -2.11. The second-order valence-corrected chi connectivity index (χ2v) is 6.17. The van der Waals surface area contributed by atoms with Crippen LogP contribution < -0.4 is 4.74 Å². The first-order valence-corrected chi connectivity index (χ1v) is 8.58. The van der Waals surface area contributed by atoms with Crippen LogP contribution in [0.3, 0.4) is 0 Å². The van der Waals surface area contributed by atoms with E-state index in [9.17, 15) is 5.11 Å². The summed E-state index contributed by atoms with van der Waals surface area (Å²) in [6, 6.07) is 25.5. The summed E-state index contributed by atoms with van der Waals surface area (Å²) >= 11 is 0. The van der Waals surface area contributed by atoms with Crippen LogP contribution in [-0.2, 0) is 6.54 Å². The fourth-order valence-electron chi connectivity index (χ4n) is 3.26. The van der Waals surface area contributed by atoms with Crippen LogP contribution in [0.1, 0.15) is 23.1 Å². The van der Waals surface area contributed by atoms with Crippen molar-refractivity contribution >= 4 is 11.0 Å². The summed E-state index contributed by atoms with van der Waals surface area (Å²) in [5, 5.41) is 11.0. The zero-order valence-corrected chi connectivity index (χ0v) is 14.5. The number of para-hydroxylation sites is 3. The molecule has 0 bridgehead atoms. The Morgan fingerprint density at radius 3 is 2.42 bits per heavy atom. The lowest BCUT2D eigenvalue weighted by molar-refractivity contribution is 0.206. The molecule has 1 unspecified atom stereocenters. The van der Waals surface area contributed by atoms with Gasteiger partial charge in [0, 0.05) is 5.56 Å². The van der Waals surface area contributed by atoms with E-state index in [1.807, 2.05) is 78.9 Å². The van der Waals surface area contributed by atoms with E-state index in [0.717, 1.165) is 27.9 Å². The van der Waals surface area contributed by atoms with Gasteiger partial charge >= 0.3 is 0 Å². The lowest BCUT2D eigenvalue weighted by atomic mass is 10.1. The maximum atomic E-state index is 11.0. The van der Waals surface area contributed by atoms with Gasteiger partial charge in [-0.05, 0) is 23.8 Å². The first-order chi connectivity index (χ1) is 12.8. The number of rotatable bonds is 5. The monoisotopic (exact) mass is 344 g/mol. The molecule has 0 saturated heterocycles. The van der Waals surface area contributed by atoms with E-state index in [2.05, 4.69) is 4.57 Å². The number of hydrogen-bond donors (Lipinski definition) is 1. The largest absolute Gasteiger partial charge is 0.496 e. The fourth-order valence-corrected chi connectivity index (χ4v) is 3.26. The van der Waals surface area contributed by atoms with Crippen LogP contribution in [-0.4, -0.2) is 21.8 Å². The molecule has 4 aromatic rings. The van der Waals surface area contributed by atoms with E-state index in [1.165, 1.54) is 0 Å². The molecule has 0 amide bonds. The molecule has 0 aliphatic carbocycles. The summed E-state index contributed by atoms with van der Waals surface area (Å²) in [5.41, 5.74) is 3.72. The van der Waals surface area contributed by atoms with Crippen molar-refractivity contribution in [3.8, 4) is 5.75 Å². The Labute approximate surface area is 152 Å². The van der Waals surface area contributed by atoms with Crippen molar-refractivity contribution in [3.05, 3.63) is 95.8 Å². The van der Waals surface area contributed by atoms with Gasteiger partial charge < -0.3 is 14.4 Å². The first-order valence-electron chi connectivity index (χ1n) is 8.58. The van der Waals surface area contributed by atoms with E-state index in [-0.39, 0.29) is 0 Å². The average molecular weight is 344 g/mol. The maximum absolute atomic E-state index is 11.0. The third-order valence-electron chi connectivity index (χ3n) is 4.56. The third kappa shape index (κ3) is 2.95. The van der Waals surface area contributed by atoms with Gasteiger partial charge in [0.15, 0.2) is 0 Å². The number of nitrogens with zero attached hydrogens (tertiary/aromatic N) is 2. The number of hydrogen-bond acceptors (Lipinski definition) is 3. The van der Waals surface area contributed by atoms with Gasteiger partial charge in [-0.3, -0.25) is 0 Å². The summed E-state index contributed by atoms with van der Waals surface area (Å²) in [7, 11) is 1.67. The zero-order valence-electron chi connectivity index (χ0n) is 14.5. The third-order valence-corrected chi connectivity index (χ3v) is 4.56. The smallest absolute Gasteiger partial charge is 0.143 e. The Morgan fingerprint density at radius 1 is 0.923 bits per heavy atom. The number of aliphatic hydroxyl groups excluding tert-OH is 1. The average Bonchev–Trinajstić information content (AvgIpc) is 3.07. The van der Waals surface area contributed by atoms with Crippen molar-refractivity contribution in [3.63, 3.8) is 0 Å². The molecule has 1 heterocycles.